The molecule has 0 aromatic rings. The minimum absolute atomic E-state index is 0.262. The van der Waals surface area contributed by atoms with Gasteiger partial charge in [-0.1, -0.05) is 0 Å². The van der Waals surface area contributed by atoms with Crippen LogP contribution < -0.4 is 0 Å². The van der Waals surface area contributed by atoms with E-state index >= 15 is 0 Å². The molecule has 0 aromatic heterocycles. The van der Waals surface area contributed by atoms with Gasteiger partial charge in [-0.15, -0.1) is 0 Å². The largest absolute Gasteiger partial charge is 0.388 e. The van der Waals surface area contributed by atoms with E-state index in [0.29, 0.717) is 0 Å². The predicted molar refractivity (Wildman–Crippen MR) is 40.7 cm³/mol. The first-order valence-corrected chi connectivity index (χ1v) is 4.21. The van der Waals surface area contributed by atoms with Gasteiger partial charge in [-0.2, -0.15) is 0 Å². The zero-order valence-corrected chi connectivity index (χ0v) is 7.23. The molecule has 0 aromatic carbocycles. The van der Waals surface area contributed by atoms with Gasteiger partial charge in [0.15, 0.2) is 0 Å². The standard InChI is InChI=1S/C8H14O4/c1-4-8(2,10)7-6(12-4)5(9)3-11-7/h4-7,9-10H,3H2,1-2H3/t4?,5-,6-,7+,8+/m1/s1. The normalized spacial score (nSPS) is 59.0. The fourth-order valence-electron chi connectivity index (χ4n) is 1.86. The topological polar surface area (TPSA) is 58.9 Å². The molecule has 12 heavy (non-hydrogen) atoms. The van der Waals surface area contributed by atoms with Crippen LogP contribution >= 0.6 is 0 Å². The van der Waals surface area contributed by atoms with E-state index in [0.717, 1.165) is 0 Å². The van der Waals surface area contributed by atoms with Crippen molar-refractivity contribution in [1.82, 2.24) is 0 Å². The van der Waals surface area contributed by atoms with Gasteiger partial charge in [0.2, 0.25) is 0 Å². The third-order valence-corrected chi connectivity index (χ3v) is 2.88. The molecule has 0 spiro atoms. The van der Waals surface area contributed by atoms with Gasteiger partial charge >= 0.3 is 0 Å². The Morgan fingerprint density at radius 3 is 2.75 bits per heavy atom. The fraction of sp³-hybridized carbons (Fsp3) is 1.00. The highest BCUT2D eigenvalue weighted by atomic mass is 16.6. The third-order valence-electron chi connectivity index (χ3n) is 2.88. The zero-order chi connectivity index (χ0) is 8.93. The molecule has 0 aliphatic carbocycles. The molecule has 2 rings (SSSR count). The highest BCUT2D eigenvalue weighted by Crippen LogP contribution is 2.37. The van der Waals surface area contributed by atoms with Crippen LogP contribution in [0.15, 0.2) is 0 Å². The van der Waals surface area contributed by atoms with Gasteiger partial charge in [-0.25, -0.2) is 0 Å². The number of aliphatic hydroxyl groups is 2. The second-order valence-electron chi connectivity index (χ2n) is 3.79. The van der Waals surface area contributed by atoms with E-state index in [9.17, 15) is 10.2 Å². The maximum Gasteiger partial charge on any atom is 0.117 e. The molecule has 2 aliphatic heterocycles. The van der Waals surface area contributed by atoms with Crippen LogP contribution in [-0.4, -0.2) is 46.8 Å². The average Bonchev–Trinajstić information content (AvgIpc) is 2.41. The quantitative estimate of drug-likeness (QED) is 0.509. The molecule has 2 heterocycles. The zero-order valence-electron chi connectivity index (χ0n) is 7.23. The van der Waals surface area contributed by atoms with Crippen molar-refractivity contribution in [3.05, 3.63) is 0 Å². The van der Waals surface area contributed by atoms with Crippen molar-refractivity contribution >= 4 is 0 Å². The van der Waals surface area contributed by atoms with Gasteiger partial charge in [0.05, 0.1) is 12.7 Å². The summed E-state index contributed by atoms with van der Waals surface area (Å²) in [5.74, 6) is 0. The second kappa shape index (κ2) is 2.42. The molecule has 5 atom stereocenters. The Morgan fingerprint density at radius 1 is 1.50 bits per heavy atom. The van der Waals surface area contributed by atoms with E-state index < -0.39 is 11.7 Å². The minimum Gasteiger partial charge on any atom is -0.388 e. The second-order valence-corrected chi connectivity index (χ2v) is 3.79. The summed E-state index contributed by atoms with van der Waals surface area (Å²) in [7, 11) is 0. The van der Waals surface area contributed by atoms with Crippen LogP contribution in [0.4, 0.5) is 0 Å². The van der Waals surface area contributed by atoms with Crippen LogP contribution in [0.2, 0.25) is 0 Å². The molecule has 0 saturated carbocycles. The summed E-state index contributed by atoms with van der Waals surface area (Å²) in [6.45, 7) is 3.73. The summed E-state index contributed by atoms with van der Waals surface area (Å²) in [5.41, 5.74) is -0.970. The third kappa shape index (κ3) is 0.925. The minimum atomic E-state index is -0.970. The van der Waals surface area contributed by atoms with E-state index in [1.165, 1.54) is 0 Å². The van der Waals surface area contributed by atoms with Crippen LogP contribution in [-0.2, 0) is 9.47 Å². The summed E-state index contributed by atoms with van der Waals surface area (Å²) >= 11 is 0. The highest BCUT2D eigenvalue weighted by Gasteiger charge is 2.56. The summed E-state index contributed by atoms with van der Waals surface area (Å²) < 4.78 is 10.6. The maximum atomic E-state index is 9.89. The smallest absolute Gasteiger partial charge is 0.117 e. The lowest BCUT2D eigenvalue weighted by Crippen LogP contribution is -2.44. The summed E-state index contributed by atoms with van der Waals surface area (Å²) in [4.78, 5) is 0. The first-order valence-electron chi connectivity index (χ1n) is 4.21. The molecular weight excluding hydrogens is 160 g/mol. The van der Waals surface area contributed by atoms with Crippen LogP contribution in [0.1, 0.15) is 13.8 Å². The van der Waals surface area contributed by atoms with Crippen molar-refractivity contribution in [3.8, 4) is 0 Å². The van der Waals surface area contributed by atoms with Crippen molar-refractivity contribution in [1.29, 1.82) is 0 Å². The Morgan fingerprint density at radius 2 is 2.17 bits per heavy atom. The summed E-state index contributed by atoms with van der Waals surface area (Å²) in [6, 6.07) is 0. The maximum absolute atomic E-state index is 9.89. The molecule has 70 valence electrons. The van der Waals surface area contributed by atoms with Gasteiger partial charge in [-0.05, 0) is 13.8 Å². The lowest BCUT2D eigenvalue weighted by atomic mass is 9.93. The number of hydrogen-bond acceptors (Lipinski definition) is 4. The molecule has 0 amide bonds. The van der Waals surface area contributed by atoms with Crippen LogP contribution in [0.3, 0.4) is 0 Å². The molecule has 0 bridgehead atoms. The molecule has 2 N–H and O–H groups in total. The molecule has 4 heteroatoms. The Labute approximate surface area is 71.1 Å². The van der Waals surface area contributed by atoms with Gasteiger partial charge in [0.1, 0.15) is 23.9 Å². The van der Waals surface area contributed by atoms with Crippen LogP contribution in [0, 0.1) is 0 Å². The molecule has 0 radical (unpaired) electrons. The van der Waals surface area contributed by atoms with Crippen molar-refractivity contribution in [3.63, 3.8) is 0 Å². The number of rotatable bonds is 0. The summed E-state index contributed by atoms with van der Waals surface area (Å²) in [6.07, 6.45) is -1.59. The van der Waals surface area contributed by atoms with E-state index in [1.54, 1.807) is 13.8 Å². The molecule has 1 unspecified atom stereocenters. The van der Waals surface area contributed by atoms with E-state index in [2.05, 4.69) is 0 Å². The number of aliphatic hydroxyl groups excluding tert-OH is 1. The van der Waals surface area contributed by atoms with E-state index in [1.807, 2.05) is 0 Å². The SMILES string of the molecule is CC1O[C@@H]2[C@H](O)CO[C@@H]2[C@@]1(C)O. The Bertz CT molecular complexity index is 191. The fourth-order valence-corrected chi connectivity index (χ4v) is 1.86. The number of ether oxygens (including phenoxy) is 2. The van der Waals surface area contributed by atoms with E-state index in [4.69, 9.17) is 9.47 Å². The molecular formula is C8H14O4. The van der Waals surface area contributed by atoms with E-state index in [-0.39, 0.29) is 24.9 Å². The lowest BCUT2D eigenvalue weighted by Gasteiger charge is -2.25. The Balaban J connectivity index is 2.22. The van der Waals surface area contributed by atoms with Gasteiger partial charge in [-0.3, -0.25) is 0 Å². The van der Waals surface area contributed by atoms with Crippen LogP contribution in [0.5, 0.6) is 0 Å². The number of hydrogen-bond donors (Lipinski definition) is 2. The highest BCUT2D eigenvalue weighted by molar-refractivity contribution is 5.05. The molecule has 2 fully saturated rings. The monoisotopic (exact) mass is 174 g/mol. The first-order chi connectivity index (χ1) is 5.53. The van der Waals surface area contributed by atoms with Crippen molar-refractivity contribution in [2.75, 3.05) is 6.61 Å². The Kier molecular flexibility index (Phi) is 1.70. The number of fused-ring (bicyclic) bond motifs is 1. The lowest BCUT2D eigenvalue weighted by molar-refractivity contribution is -0.0884. The molecule has 2 saturated heterocycles. The van der Waals surface area contributed by atoms with Crippen molar-refractivity contribution < 1.29 is 19.7 Å². The Hall–Kier alpha value is -0.160. The van der Waals surface area contributed by atoms with Crippen LogP contribution in [0.25, 0.3) is 0 Å². The average molecular weight is 174 g/mol. The molecule has 2 aliphatic rings. The van der Waals surface area contributed by atoms with Gasteiger partial charge in [0, 0.05) is 0 Å². The summed E-state index contributed by atoms with van der Waals surface area (Å²) in [5, 5.41) is 19.3. The van der Waals surface area contributed by atoms with Gasteiger partial charge < -0.3 is 19.7 Å². The predicted octanol–water partition coefficient (Wildman–Crippen LogP) is -0.716. The molecule has 4 nitrogen and oxygen atoms in total. The van der Waals surface area contributed by atoms with Crippen molar-refractivity contribution in [2.24, 2.45) is 0 Å². The first kappa shape index (κ1) is 8.44. The van der Waals surface area contributed by atoms with Crippen molar-refractivity contribution in [2.45, 2.75) is 43.9 Å². The van der Waals surface area contributed by atoms with Gasteiger partial charge in [0.25, 0.3) is 0 Å².